The Morgan fingerprint density at radius 1 is 1.31 bits per heavy atom. The van der Waals surface area contributed by atoms with Gasteiger partial charge in [-0.25, -0.2) is 9.37 Å². The maximum Gasteiger partial charge on any atom is 0.141 e. The monoisotopic (exact) mass is 413 g/mol. The molecule has 152 valence electrons. The number of aromatic nitrogens is 1. The van der Waals surface area contributed by atoms with Gasteiger partial charge in [0.15, 0.2) is 0 Å². The second-order valence-electron chi connectivity index (χ2n) is 6.64. The van der Waals surface area contributed by atoms with Gasteiger partial charge in [-0.1, -0.05) is 30.3 Å². The molecule has 0 radical (unpaired) electrons. The summed E-state index contributed by atoms with van der Waals surface area (Å²) in [6, 6.07) is 10.3. The molecule has 0 aliphatic carbocycles. The zero-order valence-electron chi connectivity index (χ0n) is 16.9. The Kier molecular flexibility index (Phi) is 8.20. The van der Waals surface area contributed by atoms with E-state index in [1.54, 1.807) is 24.3 Å². The number of nitriles is 1. The maximum absolute atomic E-state index is 14.0. The smallest absolute Gasteiger partial charge is 0.141 e. The van der Waals surface area contributed by atoms with E-state index in [2.05, 4.69) is 22.9 Å². The molecule has 0 atom stereocenters. The van der Waals surface area contributed by atoms with Crippen LogP contribution < -0.4 is 5.32 Å². The minimum atomic E-state index is -0.305. The first kappa shape index (κ1) is 22.4. The van der Waals surface area contributed by atoms with Crippen LogP contribution in [0.25, 0.3) is 5.70 Å². The summed E-state index contributed by atoms with van der Waals surface area (Å²) in [5, 5.41) is 12.7. The van der Waals surface area contributed by atoms with Gasteiger partial charge in [0.25, 0.3) is 0 Å². The number of rotatable bonds is 9. The summed E-state index contributed by atoms with van der Waals surface area (Å²) in [6.45, 7) is 5.64. The van der Waals surface area contributed by atoms with Crippen LogP contribution in [0.15, 0.2) is 49.1 Å². The third-order valence-corrected chi connectivity index (χ3v) is 4.72. The van der Waals surface area contributed by atoms with Crippen LogP contribution in [0.4, 0.5) is 10.1 Å². The van der Waals surface area contributed by atoms with E-state index in [0.29, 0.717) is 41.6 Å². The molecular formula is C22H25ClFN5. The standard InChI is InChI=1S/C22H25ClFN5/c1-5-6-21(22-20(26-2)10-9-18(14-25)27-22)29(4)12-11-28(3)15-16-7-8-17(23)13-19(16)24/h5-10,13,26H,1,11-12,15H2,2-4H3/b21-6+. The summed E-state index contributed by atoms with van der Waals surface area (Å²) in [6.07, 6.45) is 3.56. The molecule has 2 rings (SSSR count). The van der Waals surface area contributed by atoms with Crippen LogP contribution >= 0.6 is 11.6 Å². The van der Waals surface area contributed by atoms with Gasteiger partial charge in [0.2, 0.25) is 0 Å². The third kappa shape index (κ3) is 6.05. The molecule has 1 aromatic carbocycles. The average Bonchev–Trinajstić information content (AvgIpc) is 2.71. The van der Waals surface area contributed by atoms with Crippen LogP contribution in [0.1, 0.15) is 17.0 Å². The molecular weight excluding hydrogens is 389 g/mol. The fourth-order valence-corrected chi connectivity index (χ4v) is 3.04. The van der Waals surface area contributed by atoms with Crippen molar-refractivity contribution in [3.8, 4) is 6.07 Å². The van der Waals surface area contributed by atoms with Gasteiger partial charge >= 0.3 is 0 Å². The predicted octanol–water partition coefficient (Wildman–Crippen LogP) is 4.38. The first-order valence-electron chi connectivity index (χ1n) is 9.15. The van der Waals surface area contributed by atoms with Gasteiger partial charge < -0.3 is 15.1 Å². The van der Waals surface area contributed by atoms with Crippen molar-refractivity contribution in [3.63, 3.8) is 0 Å². The van der Waals surface area contributed by atoms with Crippen molar-refractivity contribution in [1.82, 2.24) is 14.8 Å². The quantitative estimate of drug-likeness (QED) is 0.618. The lowest BCUT2D eigenvalue weighted by molar-refractivity contribution is 0.290. The molecule has 0 amide bonds. The van der Waals surface area contributed by atoms with Crippen molar-refractivity contribution >= 4 is 23.0 Å². The Morgan fingerprint density at radius 2 is 2.07 bits per heavy atom. The van der Waals surface area contributed by atoms with Crippen LogP contribution in [0.3, 0.4) is 0 Å². The van der Waals surface area contributed by atoms with Gasteiger partial charge in [0, 0.05) is 44.3 Å². The summed E-state index contributed by atoms with van der Waals surface area (Å²) in [5.74, 6) is -0.305. The molecule has 7 heteroatoms. The van der Waals surface area contributed by atoms with Crippen LogP contribution in [-0.2, 0) is 6.54 Å². The fourth-order valence-electron chi connectivity index (χ4n) is 2.88. The SMILES string of the molecule is C=C/C=C(\c1nc(C#N)ccc1NC)N(C)CCN(C)Cc1ccc(Cl)cc1F. The molecule has 1 heterocycles. The highest BCUT2D eigenvalue weighted by molar-refractivity contribution is 6.30. The highest BCUT2D eigenvalue weighted by Gasteiger charge is 2.15. The van der Waals surface area contributed by atoms with Crippen LogP contribution in [0.5, 0.6) is 0 Å². The van der Waals surface area contributed by atoms with Gasteiger partial charge in [-0.2, -0.15) is 5.26 Å². The number of allylic oxidation sites excluding steroid dienone is 2. The zero-order valence-corrected chi connectivity index (χ0v) is 17.7. The Labute approximate surface area is 176 Å². The Hall–Kier alpha value is -2.88. The Morgan fingerprint density at radius 3 is 2.69 bits per heavy atom. The lowest BCUT2D eigenvalue weighted by Gasteiger charge is -2.26. The predicted molar refractivity (Wildman–Crippen MR) is 117 cm³/mol. The lowest BCUT2D eigenvalue weighted by Crippen LogP contribution is -2.30. The molecule has 0 saturated heterocycles. The van der Waals surface area contributed by atoms with E-state index < -0.39 is 0 Å². The van der Waals surface area contributed by atoms with Crippen LogP contribution in [0.2, 0.25) is 5.02 Å². The molecule has 0 fully saturated rings. The summed E-state index contributed by atoms with van der Waals surface area (Å²) in [7, 11) is 5.70. The first-order chi connectivity index (χ1) is 13.9. The first-order valence-corrected chi connectivity index (χ1v) is 9.53. The van der Waals surface area contributed by atoms with Gasteiger partial charge in [-0.05, 0) is 37.4 Å². The second kappa shape index (κ2) is 10.6. The van der Waals surface area contributed by atoms with Gasteiger partial charge in [0.05, 0.1) is 11.4 Å². The molecule has 0 spiro atoms. The highest BCUT2D eigenvalue weighted by atomic mass is 35.5. The second-order valence-corrected chi connectivity index (χ2v) is 7.07. The van der Waals surface area contributed by atoms with E-state index in [-0.39, 0.29) is 5.82 Å². The Balaban J connectivity index is 2.12. The third-order valence-electron chi connectivity index (χ3n) is 4.48. The Bertz CT molecular complexity index is 935. The summed E-state index contributed by atoms with van der Waals surface area (Å²) >= 11 is 5.82. The number of halogens is 2. The topological polar surface area (TPSA) is 55.2 Å². The van der Waals surface area contributed by atoms with E-state index in [1.165, 1.54) is 6.07 Å². The number of nitrogens with one attached hydrogen (secondary N) is 1. The van der Waals surface area contributed by atoms with Crippen molar-refractivity contribution in [2.24, 2.45) is 0 Å². The van der Waals surface area contributed by atoms with E-state index in [0.717, 1.165) is 11.4 Å². The lowest BCUT2D eigenvalue weighted by atomic mass is 10.1. The molecule has 1 aromatic heterocycles. The van der Waals surface area contributed by atoms with Crippen molar-refractivity contribution in [1.29, 1.82) is 5.26 Å². The zero-order chi connectivity index (χ0) is 21.4. The molecule has 29 heavy (non-hydrogen) atoms. The molecule has 5 nitrogen and oxygen atoms in total. The molecule has 0 aliphatic heterocycles. The minimum Gasteiger partial charge on any atom is -0.386 e. The van der Waals surface area contributed by atoms with Gasteiger partial charge in [-0.15, -0.1) is 0 Å². The normalized spacial score (nSPS) is 11.3. The van der Waals surface area contributed by atoms with Gasteiger partial charge in [-0.3, -0.25) is 0 Å². The van der Waals surface area contributed by atoms with Crippen LogP contribution in [0, 0.1) is 17.1 Å². The highest BCUT2D eigenvalue weighted by Crippen LogP contribution is 2.24. The van der Waals surface area contributed by atoms with Gasteiger partial charge in [0.1, 0.15) is 23.3 Å². The number of likely N-dealkylation sites (N-methyl/N-ethyl adjacent to an activating group) is 2. The van der Waals surface area contributed by atoms with E-state index in [4.69, 9.17) is 11.6 Å². The van der Waals surface area contributed by atoms with E-state index in [9.17, 15) is 9.65 Å². The average molecular weight is 414 g/mol. The summed E-state index contributed by atoms with van der Waals surface area (Å²) in [4.78, 5) is 8.54. The molecule has 0 unspecified atom stereocenters. The van der Waals surface area contributed by atoms with E-state index in [1.807, 2.05) is 43.1 Å². The van der Waals surface area contributed by atoms with Crippen molar-refractivity contribution in [3.05, 3.63) is 76.9 Å². The summed E-state index contributed by atoms with van der Waals surface area (Å²) in [5.41, 5.74) is 3.29. The van der Waals surface area contributed by atoms with E-state index >= 15 is 0 Å². The van der Waals surface area contributed by atoms with Crippen LogP contribution in [-0.4, -0.2) is 49.0 Å². The van der Waals surface area contributed by atoms with Crippen molar-refractivity contribution in [2.45, 2.75) is 6.54 Å². The minimum absolute atomic E-state index is 0.305. The molecule has 2 aromatic rings. The number of benzene rings is 1. The molecule has 0 saturated carbocycles. The number of anilines is 1. The number of pyridine rings is 1. The molecule has 0 aliphatic rings. The van der Waals surface area contributed by atoms with Crippen molar-refractivity contribution in [2.75, 3.05) is 39.5 Å². The number of hydrogen-bond donors (Lipinski definition) is 1. The number of nitrogens with zero attached hydrogens (tertiary/aromatic N) is 4. The largest absolute Gasteiger partial charge is 0.386 e. The molecule has 1 N–H and O–H groups in total. The molecule has 0 bridgehead atoms. The fraction of sp³-hybridized carbons (Fsp3) is 0.273. The van der Waals surface area contributed by atoms with Crippen molar-refractivity contribution < 1.29 is 4.39 Å². The maximum atomic E-state index is 14.0. The number of hydrogen-bond acceptors (Lipinski definition) is 5. The summed E-state index contributed by atoms with van der Waals surface area (Å²) < 4.78 is 14.0.